The number of hydrogen-bond acceptors (Lipinski definition) is 6. The highest BCUT2D eigenvalue weighted by Crippen LogP contribution is 2.24. The minimum Gasteiger partial charge on any atom is -0.353 e. The molecule has 134 valence electrons. The van der Waals surface area contributed by atoms with E-state index < -0.39 is 0 Å². The fourth-order valence-electron chi connectivity index (χ4n) is 3.17. The maximum Gasteiger partial charge on any atom is 0.241 e. The van der Waals surface area contributed by atoms with Crippen LogP contribution in [-0.2, 0) is 6.54 Å². The van der Waals surface area contributed by atoms with Crippen LogP contribution in [0.4, 0.5) is 5.82 Å². The first-order chi connectivity index (χ1) is 12.7. The van der Waals surface area contributed by atoms with Crippen molar-refractivity contribution in [1.82, 2.24) is 20.0 Å². The Morgan fingerprint density at radius 3 is 2.65 bits per heavy atom. The van der Waals surface area contributed by atoms with E-state index in [0.29, 0.717) is 23.3 Å². The molecule has 1 aliphatic heterocycles. The van der Waals surface area contributed by atoms with Gasteiger partial charge in [0.1, 0.15) is 5.82 Å². The Balaban J connectivity index is 1.38. The molecule has 0 aliphatic carbocycles. The molecule has 0 spiro atoms. The smallest absolute Gasteiger partial charge is 0.241 e. The maximum atomic E-state index is 6.25. The Morgan fingerprint density at radius 1 is 1.08 bits per heavy atom. The van der Waals surface area contributed by atoms with Gasteiger partial charge in [-0.1, -0.05) is 41.0 Å². The largest absolute Gasteiger partial charge is 0.353 e. The highest BCUT2D eigenvalue weighted by Gasteiger charge is 2.21. The summed E-state index contributed by atoms with van der Waals surface area (Å²) in [6.07, 6.45) is 1.78. The molecule has 1 fully saturated rings. The number of pyridine rings is 1. The molecule has 6 nitrogen and oxygen atoms in total. The molecule has 1 aromatic carbocycles. The standard InChI is InChI=1S/C19H20ClN5O/c1-14-5-2-3-6-15(14)18-22-17(26-23-18)13-24-9-11-25(12-10-24)19-16(20)7-4-8-21-19/h2-8H,9-13H2,1H3. The van der Waals surface area contributed by atoms with Gasteiger partial charge in [0.05, 0.1) is 11.6 Å². The molecule has 0 saturated carbocycles. The van der Waals surface area contributed by atoms with Gasteiger partial charge in [-0.05, 0) is 24.6 Å². The molecule has 7 heteroatoms. The Kier molecular flexibility index (Phi) is 4.86. The summed E-state index contributed by atoms with van der Waals surface area (Å²) >= 11 is 6.25. The molecule has 0 atom stereocenters. The SMILES string of the molecule is Cc1ccccc1-c1noc(CN2CCN(c3ncccc3Cl)CC2)n1. The monoisotopic (exact) mass is 369 g/mol. The minimum atomic E-state index is 0.646. The van der Waals surface area contributed by atoms with E-state index in [2.05, 4.69) is 24.9 Å². The van der Waals surface area contributed by atoms with Crippen LogP contribution in [0.3, 0.4) is 0 Å². The predicted octanol–water partition coefficient (Wildman–Crippen LogP) is 3.42. The lowest BCUT2D eigenvalue weighted by Gasteiger charge is -2.34. The quantitative estimate of drug-likeness (QED) is 0.702. The van der Waals surface area contributed by atoms with Gasteiger partial charge < -0.3 is 9.42 Å². The topological polar surface area (TPSA) is 58.3 Å². The van der Waals surface area contributed by atoms with Crippen molar-refractivity contribution >= 4 is 17.4 Å². The van der Waals surface area contributed by atoms with Crippen molar-refractivity contribution in [3.05, 3.63) is 59.1 Å². The second-order valence-electron chi connectivity index (χ2n) is 6.40. The normalized spacial score (nSPS) is 15.4. The van der Waals surface area contributed by atoms with E-state index in [1.165, 1.54) is 0 Å². The Labute approximate surface area is 157 Å². The highest BCUT2D eigenvalue weighted by atomic mass is 35.5. The van der Waals surface area contributed by atoms with E-state index in [9.17, 15) is 0 Å². The average molecular weight is 370 g/mol. The Hall–Kier alpha value is -2.44. The molecule has 26 heavy (non-hydrogen) atoms. The molecule has 0 radical (unpaired) electrons. The molecule has 4 rings (SSSR count). The average Bonchev–Trinajstić information content (AvgIpc) is 3.11. The van der Waals surface area contributed by atoms with Crippen molar-refractivity contribution in [2.45, 2.75) is 13.5 Å². The molecular weight excluding hydrogens is 350 g/mol. The highest BCUT2D eigenvalue weighted by molar-refractivity contribution is 6.32. The summed E-state index contributed by atoms with van der Waals surface area (Å²) in [5.41, 5.74) is 2.15. The lowest BCUT2D eigenvalue weighted by molar-refractivity contribution is 0.215. The molecule has 1 saturated heterocycles. The van der Waals surface area contributed by atoms with Gasteiger partial charge >= 0.3 is 0 Å². The number of piperazine rings is 1. The number of hydrogen-bond donors (Lipinski definition) is 0. The molecule has 3 aromatic rings. The lowest BCUT2D eigenvalue weighted by Crippen LogP contribution is -2.46. The van der Waals surface area contributed by atoms with Crippen LogP contribution in [0.5, 0.6) is 0 Å². The fourth-order valence-corrected chi connectivity index (χ4v) is 3.41. The molecule has 0 N–H and O–H groups in total. The van der Waals surface area contributed by atoms with Gasteiger partial charge in [0.15, 0.2) is 0 Å². The van der Waals surface area contributed by atoms with Gasteiger partial charge in [-0.2, -0.15) is 4.98 Å². The first kappa shape index (κ1) is 17.0. The number of aryl methyl sites for hydroxylation is 1. The summed E-state index contributed by atoms with van der Waals surface area (Å²) < 4.78 is 5.46. The van der Waals surface area contributed by atoms with Crippen LogP contribution in [0.15, 0.2) is 47.1 Å². The summed E-state index contributed by atoms with van der Waals surface area (Å²) in [5.74, 6) is 2.15. The Morgan fingerprint density at radius 2 is 1.88 bits per heavy atom. The number of nitrogens with zero attached hydrogens (tertiary/aromatic N) is 5. The number of rotatable bonds is 4. The van der Waals surface area contributed by atoms with Crippen LogP contribution >= 0.6 is 11.6 Å². The van der Waals surface area contributed by atoms with E-state index >= 15 is 0 Å². The zero-order valence-corrected chi connectivity index (χ0v) is 15.4. The summed E-state index contributed by atoms with van der Waals surface area (Å²) in [4.78, 5) is 13.5. The third-order valence-electron chi connectivity index (χ3n) is 4.62. The van der Waals surface area contributed by atoms with Crippen molar-refractivity contribution in [3.63, 3.8) is 0 Å². The predicted molar refractivity (Wildman–Crippen MR) is 101 cm³/mol. The van der Waals surface area contributed by atoms with E-state index in [0.717, 1.165) is 43.1 Å². The number of halogens is 1. The van der Waals surface area contributed by atoms with Crippen molar-refractivity contribution in [1.29, 1.82) is 0 Å². The lowest BCUT2D eigenvalue weighted by atomic mass is 10.1. The van der Waals surface area contributed by atoms with Gasteiger partial charge in [0, 0.05) is 37.9 Å². The van der Waals surface area contributed by atoms with E-state index in [1.54, 1.807) is 6.20 Å². The van der Waals surface area contributed by atoms with Crippen LogP contribution < -0.4 is 4.90 Å². The number of benzene rings is 1. The Bertz CT molecular complexity index is 889. The van der Waals surface area contributed by atoms with Crippen molar-refractivity contribution in [2.24, 2.45) is 0 Å². The third kappa shape index (κ3) is 3.57. The molecule has 0 bridgehead atoms. The number of aromatic nitrogens is 3. The first-order valence-corrected chi connectivity index (χ1v) is 9.05. The van der Waals surface area contributed by atoms with Crippen LogP contribution in [0.25, 0.3) is 11.4 Å². The molecule has 1 aliphatic rings. The van der Waals surface area contributed by atoms with Crippen LogP contribution in [-0.4, -0.2) is 46.2 Å². The molecule has 0 unspecified atom stereocenters. The van der Waals surface area contributed by atoms with E-state index in [4.69, 9.17) is 16.1 Å². The number of anilines is 1. The third-order valence-corrected chi connectivity index (χ3v) is 4.92. The van der Waals surface area contributed by atoms with Gasteiger partial charge in [-0.3, -0.25) is 4.90 Å². The second-order valence-corrected chi connectivity index (χ2v) is 6.81. The van der Waals surface area contributed by atoms with Crippen molar-refractivity contribution < 1.29 is 4.52 Å². The summed E-state index contributed by atoms with van der Waals surface area (Å²) in [6, 6.07) is 11.8. The van der Waals surface area contributed by atoms with E-state index in [-0.39, 0.29) is 0 Å². The zero-order valence-electron chi connectivity index (χ0n) is 14.6. The van der Waals surface area contributed by atoms with Crippen molar-refractivity contribution in [2.75, 3.05) is 31.1 Å². The summed E-state index contributed by atoms with van der Waals surface area (Å²) in [5, 5.41) is 4.83. The maximum absolute atomic E-state index is 6.25. The van der Waals surface area contributed by atoms with E-state index in [1.807, 2.05) is 43.3 Å². The van der Waals surface area contributed by atoms with Crippen LogP contribution in [0, 0.1) is 6.92 Å². The van der Waals surface area contributed by atoms with Crippen LogP contribution in [0.2, 0.25) is 5.02 Å². The molecule has 2 aromatic heterocycles. The van der Waals surface area contributed by atoms with Gasteiger partial charge in [-0.15, -0.1) is 0 Å². The summed E-state index contributed by atoms with van der Waals surface area (Å²) in [6.45, 7) is 6.24. The molecular formula is C19H20ClN5O. The van der Waals surface area contributed by atoms with Gasteiger partial charge in [0.25, 0.3) is 0 Å². The molecule has 0 amide bonds. The van der Waals surface area contributed by atoms with Crippen molar-refractivity contribution in [3.8, 4) is 11.4 Å². The fraction of sp³-hybridized carbons (Fsp3) is 0.316. The first-order valence-electron chi connectivity index (χ1n) is 8.67. The van der Waals surface area contributed by atoms with Gasteiger partial charge in [-0.25, -0.2) is 4.98 Å². The molecule has 3 heterocycles. The summed E-state index contributed by atoms with van der Waals surface area (Å²) in [7, 11) is 0. The zero-order chi connectivity index (χ0) is 17.9. The minimum absolute atomic E-state index is 0.646. The van der Waals surface area contributed by atoms with Gasteiger partial charge in [0.2, 0.25) is 11.7 Å². The second kappa shape index (κ2) is 7.43. The van der Waals surface area contributed by atoms with Crippen LogP contribution in [0.1, 0.15) is 11.5 Å².